The minimum absolute atomic E-state index is 0.00475. The summed E-state index contributed by atoms with van der Waals surface area (Å²) in [6.45, 7) is 7.81. The smallest absolute Gasteiger partial charge is 0.308 e. The zero-order valence-corrected chi connectivity index (χ0v) is 26.6. The summed E-state index contributed by atoms with van der Waals surface area (Å²) < 4.78 is 11.6. The number of rotatable bonds is 13. The molecule has 0 spiro atoms. The van der Waals surface area contributed by atoms with Gasteiger partial charge >= 0.3 is 11.9 Å². The first-order valence-electron chi connectivity index (χ1n) is 16.7. The number of hydrogen-bond acceptors (Lipinski definition) is 8. The number of carbonyl (C=O) groups is 4. The van der Waals surface area contributed by atoms with Crippen molar-refractivity contribution in [1.82, 2.24) is 5.32 Å². The molecule has 9 nitrogen and oxygen atoms in total. The van der Waals surface area contributed by atoms with Gasteiger partial charge in [0.15, 0.2) is 12.2 Å². The lowest BCUT2D eigenvalue weighted by atomic mass is 9.45. The van der Waals surface area contributed by atoms with Crippen LogP contribution in [0.5, 0.6) is 0 Å². The summed E-state index contributed by atoms with van der Waals surface area (Å²) in [5.41, 5.74) is -1.27. The van der Waals surface area contributed by atoms with Crippen molar-refractivity contribution >= 4 is 23.6 Å². The fourth-order valence-corrected chi connectivity index (χ4v) is 9.14. The van der Waals surface area contributed by atoms with E-state index in [1.165, 1.54) is 5.57 Å². The summed E-state index contributed by atoms with van der Waals surface area (Å²) in [7, 11) is 0. The first kappa shape index (κ1) is 33.6. The van der Waals surface area contributed by atoms with Crippen LogP contribution in [0.25, 0.3) is 0 Å². The maximum atomic E-state index is 14.1. The molecule has 4 rings (SSSR count). The number of allylic oxidation sites excluding steroid dienone is 1. The summed E-state index contributed by atoms with van der Waals surface area (Å²) in [5, 5.41) is 24.8. The van der Waals surface area contributed by atoms with Crippen LogP contribution in [0.15, 0.2) is 11.6 Å². The van der Waals surface area contributed by atoms with Crippen molar-refractivity contribution < 1.29 is 38.9 Å². The molecule has 1 amide bonds. The highest BCUT2D eigenvalue weighted by Crippen LogP contribution is 2.68. The number of nitrogens with one attached hydrogen (secondary N) is 1. The van der Waals surface area contributed by atoms with Crippen LogP contribution in [0.3, 0.4) is 0 Å². The number of Topliss-reactive ketones (excluding diaryl/α,β-unsaturated/α-hetero) is 1. The van der Waals surface area contributed by atoms with Crippen LogP contribution in [-0.4, -0.2) is 64.8 Å². The van der Waals surface area contributed by atoms with Crippen LogP contribution < -0.4 is 5.32 Å². The van der Waals surface area contributed by atoms with Crippen molar-refractivity contribution in [1.29, 1.82) is 0 Å². The molecule has 3 fully saturated rings. The minimum atomic E-state index is -1.48. The Morgan fingerprint density at radius 3 is 2.40 bits per heavy atom. The molecule has 8 unspecified atom stereocenters. The second-order valence-corrected chi connectivity index (χ2v) is 14.0. The fourth-order valence-electron chi connectivity index (χ4n) is 9.14. The molecule has 4 aliphatic carbocycles. The number of amides is 1. The first-order valence-corrected chi connectivity index (χ1v) is 16.7. The van der Waals surface area contributed by atoms with Crippen molar-refractivity contribution in [3.63, 3.8) is 0 Å². The third-order valence-corrected chi connectivity index (χ3v) is 11.4. The lowest BCUT2D eigenvalue weighted by Crippen LogP contribution is -2.63. The SMILES string of the molecule is CCCCC(=O)NCCC(=O)OCC(=O)C1(OC(=O)CCCC)CCC2C3CCC4=CC(O)CCC4(C)C3C(O)CC21C. The molecule has 4 aliphatic rings. The van der Waals surface area contributed by atoms with E-state index in [2.05, 4.69) is 12.2 Å². The van der Waals surface area contributed by atoms with Gasteiger partial charge in [0.2, 0.25) is 11.7 Å². The summed E-state index contributed by atoms with van der Waals surface area (Å²) >= 11 is 0. The predicted octanol–water partition coefficient (Wildman–Crippen LogP) is 4.56. The van der Waals surface area contributed by atoms with E-state index in [-0.39, 0.29) is 48.5 Å². The summed E-state index contributed by atoms with van der Waals surface area (Å²) in [6, 6.07) is 0. The van der Waals surface area contributed by atoms with Crippen molar-refractivity contribution in [2.45, 2.75) is 135 Å². The molecule has 3 saturated carbocycles. The molecule has 0 bridgehead atoms. The van der Waals surface area contributed by atoms with E-state index < -0.39 is 47.6 Å². The van der Waals surface area contributed by atoms with Crippen LogP contribution >= 0.6 is 0 Å². The monoisotopic (exact) mass is 603 g/mol. The largest absolute Gasteiger partial charge is 0.457 e. The molecule has 0 aromatic carbocycles. The van der Waals surface area contributed by atoms with E-state index in [9.17, 15) is 29.4 Å². The van der Waals surface area contributed by atoms with E-state index in [1.807, 2.05) is 26.8 Å². The number of fused-ring (bicyclic) bond motifs is 5. The van der Waals surface area contributed by atoms with Gasteiger partial charge in [-0.3, -0.25) is 19.2 Å². The van der Waals surface area contributed by atoms with Crippen LogP contribution in [-0.2, 0) is 28.7 Å². The highest BCUT2D eigenvalue weighted by Gasteiger charge is 2.70. The Morgan fingerprint density at radius 1 is 0.953 bits per heavy atom. The lowest BCUT2D eigenvalue weighted by molar-refractivity contribution is -0.203. The van der Waals surface area contributed by atoms with Crippen LogP contribution in [0.1, 0.15) is 118 Å². The summed E-state index contributed by atoms with van der Waals surface area (Å²) in [6.07, 6.45) is 9.06. The number of ether oxygens (including phenoxy) is 2. The average molecular weight is 604 g/mol. The van der Waals surface area contributed by atoms with Crippen molar-refractivity contribution in [3.05, 3.63) is 11.6 Å². The van der Waals surface area contributed by atoms with E-state index in [0.717, 1.165) is 38.5 Å². The summed E-state index contributed by atoms with van der Waals surface area (Å²) in [4.78, 5) is 51.6. The number of esters is 2. The molecule has 0 aromatic rings. The highest BCUT2D eigenvalue weighted by molar-refractivity contribution is 5.93. The zero-order chi connectivity index (χ0) is 31.4. The lowest BCUT2D eigenvalue weighted by Gasteiger charge is -2.61. The Bertz CT molecular complexity index is 1090. The molecule has 9 heteroatoms. The molecule has 8 atom stereocenters. The van der Waals surface area contributed by atoms with Gasteiger partial charge in [0.1, 0.15) is 0 Å². The minimum Gasteiger partial charge on any atom is -0.457 e. The topological polar surface area (TPSA) is 139 Å². The normalized spacial score (nSPS) is 36.4. The third kappa shape index (κ3) is 6.58. The fraction of sp³-hybridized carbons (Fsp3) is 0.824. The van der Waals surface area contributed by atoms with E-state index in [1.54, 1.807) is 0 Å². The molecule has 0 heterocycles. The second-order valence-electron chi connectivity index (χ2n) is 14.0. The van der Waals surface area contributed by atoms with Crippen molar-refractivity contribution in [2.24, 2.45) is 28.6 Å². The zero-order valence-electron chi connectivity index (χ0n) is 26.6. The van der Waals surface area contributed by atoms with Gasteiger partial charge in [-0.15, -0.1) is 0 Å². The number of unbranched alkanes of at least 4 members (excludes halogenated alkanes) is 2. The van der Waals surface area contributed by atoms with Gasteiger partial charge in [0.25, 0.3) is 0 Å². The molecule has 0 aromatic heterocycles. The molecular formula is C34H53NO8. The Morgan fingerprint density at radius 2 is 1.67 bits per heavy atom. The molecule has 0 radical (unpaired) electrons. The number of aliphatic hydroxyl groups excluding tert-OH is 2. The van der Waals surface area contributed by atoms with Crippen molar-refractivity contribution in [2.75, 3.05) is 13.2 Å². The van der Waals surface area contributed by atoms with Gasteiger partial charge in [-0.25, -0.2) is 0 Å². The van der Waals surface area contributed by atoms with E-state index in [0.29, 0.717) is 38.5 Å². The van der Waals surface area contributed by atoms with Gasteiger partial charge < -0.3 is 25.0 Å². The Kier molecular flexibility index (Phi) is 10.8. The molecule has 3 N–H and O–H groups in total. The van der Waals surface area contributed by atoms with Gasteiger partial charge in [-0.2, -0.15) is 0 Å². The maximum Gasteiger partial charge on any atom is 0.308 e. The Balaban J connectivity index is 1.52. The Hall–Kier alpha value is -2.26. The molecular weight excluding hydrogens is 550 g/mol. The van der Waals surface area contributed by atoms with Gasteiger partial charge in [0, 0.05) is 24.8 Å². The molecule has 0 saturated heterocycles. The number of carbonyl (C=O) groups excluding carboxylic acids is 4. The Labute approximate surface area is 256 Å². The predicted molar refractivity (Wildman–Crippen MR) is 161 cm³/mol. The number of aliphatic hydroxyl groups is 2. The van der Waals surface area contributed by atoms with Crippen LogP contribution in [0.2, 0.25) is 0 Å². The maximum absolute atomic E-state index is 14.1. The van der Waals surface area contributed by atoms with Gasteiger partial charge in [-0.1, -0.05) is 52.2 Å². The number of ketones is 1. The highest BCUT2D eigenvalue weighted by atomic mass is 16.6. The van der Waals surface area contributed by atoms with Gasteiger partial charge in [0.05, 0.1) is 18.6 Å². The molecule has 242 valence electrons. The standard InChI is InChI=1S/C34H53NO8/c1-5-7-9-28(39)35-18-15-29(40)42-21-27(38)34(43-30(41)10-8-6-2)17-14-25-24-12-11-22-19-23(36)13-16-32(22,3)31(24)26(37)20-33(25,34)4/h19,23-26,31,36-37H,5-18,20-21H2,1-4H3,(H,35,39). The van der Waals surface area contributed by atoms with Gasteiger partial charge in [-0.05, 0) is 81.0 Å². The quantitative estimate of drug-likeness (QED) is 0.206. The van der Waals surface area contributed by atoms with E-state index in [4.69, 9.17) is 9.47 Å². The van der Waals surface area contributed by atoms with E-state index >= 15 is 0 Å². The van der Waals surface area contributed by atoms with Crippen LogP contribution in [0.4, 0.5) is 0 Å². The summed E-state index contributed by atoms with van der Waals surface area (Å²) in [5.74, 6) is -1.37. The van der Waals surface area contributed by atoms with Crippen molar-refractivity contribution in [3.8, 4) is 0 Å². The molecule has 0 aliphatic heterocycles. The second kappa shape index (κ2) is 13.8. The first-order chi connectivity index (χ1) is 20.4. The molecule has 43 heavy (non-hydrogen) atoms. The number of hydrogen-bond donors (Lipinski definition) is 3. The third-order valence-electron chi connectivity index (χ3n) is 11.4. The van der Waals surface area contributed by atoms with Crippen LogP contribution in [0, 0.1) is 28.6 Å². The average Bonchev–Trinajstić information content (AvgIpc) is 3.25.